The lowest BCUT2D eigenvalue weighted by Crippen LogP contribution is -2.36. The van der Waals surface area contributed by atoms with Crippen LogP contribution in [0.5, 0.6) is 0 Å². The van der Waals surface area contributed by atoms with E-state index in [1.807, 2.05) is 0 Å². The van der Waals surface area contributed by atoms with Crippen LogP contribution in [0.4, 0.5) is 11.8 Å². The Labute approximate surface area is 207 Å². The van der Waals surface area contributed by atoms with Crippen LogP contribution in [-0.2, 0) is 26.6 Å². The molecular formula is C21H19N9O4S2. The van der Waals surface area contributed by atoms with Crippen LogP contribution >= 0.6 is 0 Å². The summed E-state index contributed by atoms with van der Waals surface area (Å²) < 4.78 is 49.9. The Kier molecular flexibility index (Phi) is 6.39. The quantitative estimate of drug-likeness (QED) is 0.362. The summed E-state index contributed by atoms with van der Waals surface area (Å²) in [5, 5.41) is 17.6. The van der Waals surface area contributed by atoms with Crippen LogP contribution in [0, 0.1) is 11.3 Å². The Morgan fingerprint density at radius 3 is 2.33 bits per heavy atom. The smallest absolute Gasteiger partial charge is 0.246 e. The van der Waals surface area contributed by atoms with E-state index in [4.69, 9.17) is 5.73 Å². The molecule has 0 atom stereocenters. The van der Waals surface area contributed by atoms with Crippen LogP contribution in [0.15, 0.2) is 54.7 Å². The fourth-order valence-electron chi connectivity index (χ4n) is 3.44. The first-order valence-corrected chi connectivity index (χ1v) is 13.9. The monoisotopic (exact) mass is 525 g/mol. The minimum absolute atomic E-state index is 0.0131. The summed E-state index contributed by atoms with van der Waals surface area (Å²) in [5.74, 6) is -0.275. The summed E-state index contributed by atoms with van der Waals surface area (Å²) in [6, 6.07) is 15.0. The van der Waals surface area contributed by atoms with Crippen LogP contribution in [-0.4, -0.2) is 59.3 Å². The van der Waals surface area contributed by atoms with E-state index in [0.717, 1.165) is 12.5 Å². The van der Waals surface area contributed by atoms with Crippen molar-refractivity contribution in [3.05, 3.63) is 66.0 Å². The van der Waals surface area contributed by atoms with Crippen LogP contribution in [0.25, 0.3) is 22.6 Å². The van der Waals surface area contributed by atoms with Gasteiger partial charge in [-0.1, -0.05) is 29.5 Å². The molecular weight excluding hydrogens is 506 g/mol. The maximum absolute atomic E-state index is 12.0. The molecule has 0 radical (unpaired) electrons. The number of nitrogens with zero attached hydrogens (tertiary/aromatic N) is 8. The van der Waals surface area contributed by atoms with Crippen molar-refractivity contribution < 1.29 is 16.8 Å². The average molecular weight is 526 g/mol. The minimum atomic E-state index is -4.13. The van der Waals surface area contributed by atoms with Gasteiger partial charge < -0.3 is 5.73 Å². The molecule has 3 aromatic heterocycles. The van der Waals surface area contributed by atoms with Crippen LogP contribution in [0.1, 0.15) is 11.3 Å². The molecule has 15 heteroatoms. The third-order valence-electron chi connectivity index (χ3n) is 4.77. The largest absolute Gasteiger partial charge is 0.368 e. The summed E-state index contributed by atoms with van der Waals surface area (Å²) in [6.07, 6.45) is 3.13. The molecule has 0 aliphatic heterocycles. The summed E-state index contributed by atoms with van der Waals surface area (Å²) >= 11 is 0. The number of sulfonamides is 2. The SMILES string of the molecule is CS(=O)(=O)N(c1cccc(Cn2cc(-c3cc(-c4ccccc4C#N)nc(N)n3)nn2)n1)S(C)(=O)=O. The molecule has 0 unspecified atom stereocenters. The summed E-state index contributed by atoms with van der Waals surface area (Å²) in [7, 11) is -8.26. The Bertz CT molecular complexity index is 1680. The van der Waals surface area contributed by atoms with E-state index in [9.17, 15) is 22.1 Å². The summed E-state index contributed by atoms with van der Waals surface area (Å²) in [6.45, 7) is 0.0624. The lowest BCUT2D eigenvalue weighted by molar-refractivity contribution is 0.590. The zero-order chi connectivity index (χ0) is 26.1. The van der Waals surface area contributed by atoms with Gasteiger partial charge in [0.25, 0.3) is 0 Å². The lowest BCUT2D eigenvalue weighted by atomic mass is 10.0. The average Bonchev–Trinajstić information content (AvgIpc) is 3.25. The minimum Gasteiger partial charge on any atom is -0.368 e. The van der Waals surface area contributed by atoms with Crippen molar-refractivity contribution in [2.75, 3.05) is 22.0 Å². The Hall–Kier alpha value is -4.42. The molecule has 4 aromatic rings. The number of benzene rings is 1. The van der Waals surface area contributed by atoms with Gasteiger partial charge in [0.2, 0.25) is 26.0 Å². The molecule has 0 saturated heterocycles. The Morgan fingerprint density at radius 1 is 0.944 bits per heavy atom. The van der Waals surface area contributed by atoms with E-state index in [1.165, 1.54) is 16.8 Å². The number of nitrogens with two attached hydrogens (primary N) is 1. The molecule has 1 aromatic carbocycles. The molecule has 0 bridgehead atoms. The molecule has 0 aliphatic carbocycles. The van der Waals surface area contributed by atoms with Gasteiger partial charge in [0, 0.05) is 5.56 Å². The van der Waals surface area contributed by atoms with Crippen LogP contribution in [0.2, 0.25) is 0 Å². The molecule has 184 valence electrons. The highest BCUT2D eigenvalue weighted by molar-refractivity contribution is 8.09. The number of aromatic nitrogens is 6. The fraction of sp³-hybridized carbons (Fsp3) is 0.143. The maximum Gasteiger partial charge on any atom is 0.246 e. The van der Waals surface area contributed by atoms with Gasteiger partial charge >= 0.3 is 0 Å². The molecule has 0 saturated carbocycles. The number of nitriles is 1. The van der Waals surface area contributed by atoms with E-state index in [1.54, 1.807) is 42.6 Å². The van der Waals surface area contributed by atoms with Gasteiger partial charge in [-0.25, -0.2) is 36.5 Å². The van der Waals surface area contributed by atoms with Crippen molar-refractivity contribution >= 4 is 31.8 Å². The van der Waals surface area contributed by atoms with Gasteiger partial charge in [-0.15, -0.1) is 8.81 Å². The van der Waals surface area contributed by atoms with Crippen molar-refractivity contribution in [2.45, 2.75) is 6.54 Å². The predicted octanol–water partition coefficient (Wildman–Crippen LogP) is 1.02. The van der Waals surface area contributed by atoms with Gasteiger partial charge in [-0.2, -0.15) is 5.26 Å². The number of nitrogen functional groups attached to an aromatic ring is 1. The highest BCUT2D eigenvalue weighted by atomic mass is 32.3. The zero-order valence-corrected chi connectivity index (χ0v) is 20.6. The topological polar surface area (TPSA) is 191 Å². The van der Waals surface area contributed by atoms with E-state index in [-0.39, 0.29) is 22.0 Å². The summed E-state index contributed by atoms with van der Waals surface area (Å²) in [4.78, 5) is 12.6. The fourth-order valence-corrected chi connectivity index (χ4v) is 6.29. The molecule has 13 nitrogen and oxygen atoms in total. The summed E-state index contributed by atoms with van der Waals surface area (Å²) in [5.41, 5.74) is 8.43. The number of anilines is 2. The molecule has 0 fully saturated rings. The highest BCUT2D eigenvalue weighted by Gasteiger charge is 2.28. The molecule has 4 rings (SSSR count). The lowest BCUT2D eigenvalue weighted by Gasteiger charge is -2.19. The molecule has 3 heterocycles. The standard InChI is InChI=1S/C21H19N9O4S2/c1-35(31,32)30(36(2,33)34)20-9-5-7-15(24-20)12-29-13-19(27-28-29)18-10-17(25-21(23)26-18)16-8-4-3-6-14(16)11-22/h3-10,13H,12H2,1-2H3,(H2,23,25,26). The van der Waals surface area contributed by atoms with E-state index < -0.39 is 20.0 Å². The molecule has 0 aliphatic rings. The first-order chi connectivity index (χ1) is 17.0. The Balaban J connectivity index is 1.65. The Morgan fingerprint density at radius 2 is 1.64 bits per heavy atom. The van der Waals surface area contributed by atoms with Crippen molar-refractivity contribution in [1.29, 1.82) is 5.26 Å². The van der Waals surface area contributed by atoms with E-state index in [0.29, 0.717) is 33.9 Å². The van der Waals surface area contributed by atoms with Gasteiger partial charge in [-0.3, -0.25) is 0 Å². The maximum atomic E-state index is 12.0. The van der Waals surface area contributed by atoms with Crippen molar-refractivity contribution in [2.24, 2.45) is 0 Å². The second-order valence-corrected chi connectivity index (χ2v) is 11.6. The molecule has 2 N–H and O–H groups in total. The van der Waals surface area contributed by atoms with E-state index >= 15 is 0 Å². The second kappa shape index (κ2) is 9.32. The van der Waals surface area contributed by atoms with Crippen LogP contribution < -0.4 is 9.44 Å². The number of hydrogen-bond acceptors (Lipinski definition) is 11. The van der Waals surface area contributed by atoms with E-state index in [2.05, 4.69) is 31.3 Å². The highest BCUT2D eigenvalue weighted by Crippen LogP contribution is 2.26. The number of hydrogen-bond donors (Lipinski definition) is 1. The third-order valence-corrected chi connectivity index (χ3v) is 7.98. The third kappa shape index (κ3) is 5.29. The van der Waals surface area contributed by atoms with Crippen molar-refractivity contribution in [3.63, 3.8) is 0 Å². The van der Waals surface area contributed by atoms with Gasteiger partial charge in [0.15, 0.2) is 5.82 Å². The van der Waals surface area contributed by atoms with Crippen molar-refractivity contribution in [1.82, 2.24) is 29.9 Å². The van der Waals surface area contributed by atoms with Gasteiger partial charge in [-0.05, 0) is 24.3 Å². The zero-order valence-electron chi connectivity index (χ0n) is 19.0. The molecule has 0 amide bonds. The molecule has 0 spiro atoms. The number of pyridine rings is 1. The predicted molar refractivity (Wildman–Crippen MR) is 131 cm³/mol. The molecule has 36 heavy (non-hydrogen) atoms. The normalized spacial score (nSPS) is 11.7. The van der Waals surface area contributed by atoms with Gasteiger partial charge in [0.05, 0.1) is 54.0 Å². The second-order valence-electron chi connectivity index (χ2n) is 7.67. The first kappa shape index (κ1) is 24.7. The van der Waals surface area contributed by atoms with Crippen molar-refractivity contribution in [3.8, 4) is 28.7 Å². The first-order valence-electron chi connectivity index (χ1n) is 10.2. The van der Waals surface area contributed by atoms with Gasteiger partial charge in [0.1, 0.15) is 5.69 Å². The van der Waals surface area contributed by atoms with Crippen LogP contribution in [0.3, 0.4) is 0 Å². The number of rotatable bonds is 7.